The quantitative estimate of drug-likeness (QED) is 0.426. The van der Waals surface area contributed by atoms with Crippen LogP contribution in [0, 0.1) is 11.6 Å². The molecule has 1 aliphatic rings. The van der Waals surface area contributed by atoms with Gasteiger partial charge in [-0.25, -0.2) is 19.6 Å². The Morgan fingerprint density at radius 1 is 1.20 bits per heavy atom. The van der Waals surface area contributed by atoms with Gasteiger partial charge in [0.05, 0.1) is 12.8 Å². The average Bonchev–Trinajstić information content (AvgIpc) is 3.17. The number of carbonyl (C=O) groups excluding carboxylic acids is 1. The summed E-state index contributed by atoms with van der Waals surface area (Å²) in [6.07, 6.45) is 0.375. The average molecular weight is 417 g/mol. The Hall–Kier alpha value is -2.88. The SMILES string of the molecule is COC[C@H](C)N/C(=N/C(=O)c1cccc(F)c1)NC1CC(c2ccc(F)cc2)NN1. The molecule has 1 saturated heterocycles. The molecule has 1 fully saturated rings. The smallest absolute Gasteiger partial charge is 0.280 e. The molecule has 2 aromatic carbocycles. The number of aliphatic imine (C=N–C) groups is 1. The zero-order valence-corrected chi connectivity index (χ0v) is 16.8. The summed E-state index contributed by atoms with van der Waals surface area (Å²) < 4.78 is 31.7. The Bertz CT molecular complexity index is 891. The number of halogens is 2. The molecule has 160 valence electrons. The van der Waals surface area contributed by atoms with E-state index in [-0.39, 0.29) is 35.6 Å². The fraction of sp³-hybridized carbons (Fsp3) is 0.333. The Morgan fingerprint density at radius 2 is 1.97 bits per heavy atom. The van der Waals surface area contributed by atoms with Crippen LogP contribution >= 0.6 is 0 Å². The highest BCUT2D eigenvalue weighted by atomic mass is 19.1. The molecule has 30 heavy (non-hydrogen) atoms. The largest absolute Gasteiger partial charge is 0.383 e. The van der Waals surface area contributed by atoms with E-state index in [2.05, 4.69) is 26.5 Å². The van der Waals surface area contributed by atoms with Gasteiger partial charge in [0.1, 0.15) is 11.6 Å². The van der Waals surface area contributed by atoms with Crippen LogP contribution < -0.4 is 21.5 Å². The number of rotatable bonds is 6. The number of ether oxygens (including phenoxy) is 1. The van der Waals surface area contributed by atoms with Crippen molar-refractivity contribution < 1.29 is 18.3 Å². The lowest BCUT2D eigenvalue weighted by Crippen LogP contribution is -2.52. The molecular formula is C21H25F2N5O2. The zero-order chi connectivity index (χ0) is 21.5. The molecule has 9 heteroatoms. The van der Waals surface area contributed by atoms with Crippen LogP contribution in [0.4, 0.5) is 8.78 Å². The number of methoxy groups -OCH3 is 1. The first-order valence-electron chi connectivity index (χ1n) is 9.61. The van der Waals surface area contributed by atoms with Gasteiger partial charge in [-0.1, -0.05) is 18.2 Å². The minimum atomic E-state index is -0.574. The number of hydrogen-bond acceptors (Lipinski definition) is 4. The highest BCUT2D eigenvalue weighted by molar-refractivity contribution is 6.02. The van der Waals surface area contributed by atoms with Crippen LogP contribution in [0.5, 0.6) is 0 Å². The van der Waals surface area contributed by atoms with Crippen LogP contribution in [0.2, 0.25) is 0 Å². The van der Waals surface area contributed by atoms with Crippen molar-refractivity contribution in [2.24, 2.45) is 4.99 Å². The van der Waals surface area contributed by atoms with Crippen molar-refractivity contribution in [3.05, 3.63) is 71.3 Å². The number of amides is 1. The summed E-state index contributed by atoms with van der Waals surface area (Å²) in [4.78, 5) is 16.6. The third kappa shape index (κ3) is 6.06. The van der Waals surface area contributed by atoms with Crippen LogP contribution in [0.15, 0.2) is 53.5 Å². The van der Waals surface area contributed by atoms with Crippen molar-refractivity contribution in [2.45, 2.75) is 31.6 Å². The van der Waals surface area contributed by atoms with E-state index in [9.17, 15) is 13.6 Å². The van der Waals surface area contributed by atoms with Crippen molar-refractivity contribution in [3.8, 4) is 0 Å². The van der Waals surface area contributed by atoms with Crippen LogP contribution in [0.1, 0.15) is 35.3 Å². The fourth-order valence-corrected chi connectivity index (χ4v) is 3.15. The molecule has 1 heterocycles. The monoisotopic (exact) mass is 417 g/mol. The number of nitrogens with zero attached hydrogens (tertiary/aromatic N) is 1. The molecule has 0 spiro atoms. The molecule has 0 saturated carbocycles. The van der Waals surface area contributed by atoms with Gasteiger partial charge in [-0.3, -0.25) is 4.79 Å². The van der Waals surface area contributed by atoms with Gasteiger partial charge in [0.25, 0.3) is 5.91 Å². The molecule has 2 unspecified atom stereocenters. The lowest BCUT2D eigenvalue weighted by atomic mass is 10.0. The molecule has 3 rings (SSSR count). The Balaban J connectivity index is 1.71. The fourth-order valence-electron chi connectivity index (χ4n) is 3.15. The Kier molecular flexibility index (Phi) is 7.45. The van der Waals surface area contributed by atoms with E-state index in [1.165, 1.54) is 30.3 Å². The van der Waals surface area contributed by atoms with Crippen molar-refractivity contribution in [1.82, 2.24) is 21.5 Å². The van der Waals surface area contributed by atoms with E-state index < -0.39 is 11.7 Å². The third-order valence-electron chi connectivity index (χ3n) is 4.57. The van der Waals surface area contributed by atoms with Crippen molar-refractivity contribution in [2.75, 3.05) is 13.7 Å². The Labute approximate surface area is 173 Å². The van der Waals surface area contributed by atoms with E-state index in [0.717, 1.165) is 11.6 Å². The molecule has 2 aromatic rings. The lowest BCUT2D eigenvalue weighted by Gasteiger charge is -2.20. The van der Waals surface area contributed by atoms with Gasteiger partial charge >= 0.3 is 0 Å². The maximum atomic E-state index is 13.4. The molecule has 0 radical (unpaired) electrons. The summed E-state index contributed by atoms with van der Waals surface area (Å²) in [5.41, 5.74) is 7.32. The minimum absolute atomic E-state index is 0.0420. The summed E-state index contributed by atoms with van der Waals surface area (Å²) in [7, 11) is 1.58. The van der Waals surface area contributed by atoms with Gasteiger partial charge < -0.3 is 15.4 Å². The second kappa shape index (κ2) is 10.2. The molecule has 0 aromatic heterocycles. The molecular weight excluding hydrogens is 392 g/mol. The summed E-state index contributed by atoms with van der Waals surface area (Å²) in [5.74, 6) is -1.13. The predicted molar refractivity (Wildman–Crippen MR) is 110 cm³/mol. The van der Waals surface area contributed by atoms with E-state index in [4.69, 9.17) is 4.74 Å². The number of hydrogen-bond donors (Lipinski definition) is 4. The third-order valence-corrected chi connectivity index (χ3v) is 4.57. The first-order valence-corrected chi connectivity index (χ1v) is 9.61. The van der Waals surface area contributed by atoms with E-state index in [1.807, 2.05) is 6.92 Å². The maximum absolute atomic E-state index is 13.4. The van der Waals surface area contributed by atoms with Crippen molar-refractivity contribution in [1.29, 1.82) is 0 Å². The first-order chi connectivity index (χ1) is 14.4. The number of hydrazine groups is 1. The molecule has 1 amide bonds. The van der Waals surface area contributed by atoms with Crippen molar-refractivity contribution >= 4 is 11.9 Å². The van der Waals surface area contributed by atoms with Gasteiger partial charge in [0, 0.05) is 31.2 Å². The molecule has 1 aliphatic heterocycles. The molecule has 4 N–H and O–H groups in total. The van der Waals surface area contributed by atoms with E-state index in [0.29, 0.717) is 13.0 Å². The van der Waals surface area contributed by atoms with Crippen LogP contribution in [-0.2, 0) is 4.74 Å². The van der Waals surface area contributed by atoms with Gasteiger partial charge in [-0.05, 0) is 42.8 Å². The van der Waals surface area contributed by atoms with Gasteiger partial charge in [0.2, 0.25) is 5.96 Å². The second-order valence-corrected chi connectivity index (χ2v) is 7.10. The Morgan fingerprint density at radius 3 is 2.67 bits per heavy atom. The highest BCUT2D eigenvalue weighted by Gasteiger charge is 2.26. The zero-order valence-electron chi connectivity index (χ0n) is 16.8. The van der Waals surface area contributed by atoms with Gasteiger partial charge in [-0.2, -0.15) is 4.99 Å². The van der Waals surface area contributed by atoms with E-state index >= 15 is 0 Å². The summed E-state index contributed by atoms with van der Waals surface area (Å²) >= 11 is 0. The molecule has 0 aliphatic carbocycles. The van der Waals surface area contributed by atoms with Gasteiger partial charge in [0.15, 0.2) is 0 Å². The second-order valence-electron chi connectivity index (χ2n) is 7.10. The number of carbonyl (C=O) groups is 1. The molecule has 7 nitrogen and oxygen atoms in total. The summed E-state index contributed by atoms with van der Waals surface area (Å²) in [6.45, 7) is 2.29. The van der Waals surface area contributed by atoms with E-state index in [1.54, 1.807) is 19.2 Å². The first kappa shape index (κ1) is 21.8. The maximum Gasteiger partial charge on any atom is 0.280 e. The number of nitrogens with one attached hydrogen (secondary N) is 4. The number of guanidine groups is 1. The standard InChI is InChI=1S/C21H25F2N5O2/c1-13(12-30-2)24-21(26-20(29)15-4-3-5-17(23)10-15)25-19-11-18(27-28-19)14-6-8-16(22)9-7-14/h3-10,13,18-19,27-28H,11-12H2,1-2H3,(H2,24,25,26,29)/t13-,18?,19?/m0/s1. The van der Waals surface area contributed by atoms with Gasteiger partial charge in [-0.15, -0.1) is 0 Å². The predicted octanol–water partition coefficient (Wildman–Crippen LogP) is 2.24. The van der Waals surface area contributed by atoms with Crippen LogP contribution in [-0.4, -0.2) is 37.8 Å². The highest BCUT2D eigenvalue weighted by Crippen LogP contribution is 2.21. The molecule has 3 atom stereocenters. The minimum Gasteiger partial charge on any atom is -0.383 e. The number of benzene rings is 2. The normalized spacial score (nSPS) is 20.1. The van der Waals surface area contributed by atoms with Crippen LogP contribution in [0.3, 0.4) is 0 Å². The molecule has 0 bridgehead atoms. The summed E-state index contributed by atoms with van der Waals surface area (Å²) in [6, 6.07) is 11.5. The lowest BCUT2D eigenvalue weighted by molar-refractivity contribution is 0.100. The van der Waals surface area contributed by atoms with Crippen LogP contribution in [0.25, 0.3) is 0 Å². The summed E-state index contributed by atoms with van der Waals surface area (Å²) in [5, 5.41) is 6.26. The van der Waals surface area contributed by atoms with Crippen molar-refractivity contribution in [3.63, 3.8) is 0 Å². The topological polar surface area (TPSA) is 86.8 Å².